The van der Waals surface area contributed by atoms with Crippen LogP contribution in [0.3, 0.4) is 0 Å². The minimum absolute atomic E-state index is 0.161. The highest BCUT2D eigenvalue weighted by atomic mass is 16.5. The third kappa shape index (κ3) is 3.46. The molecule has 2 heterocycles. The lowest BCUT2D eigenvalue weighted by Crippen LogP contribution is -2.52. The Kier molecular flexibility index (Phi) is 4.48. The summed E-state index contributed by atoms with van der Waals surface area (Å²) in [7, 11) is 1.81. The van der Waals surface area contributed by atoms with Gasteiger partial charge in [-0.15, -0.1) is 0 Å². The summed E-state index contributed by atoms with van der Waals surface area (Å²) in [5.74, 6) is 0.161. The lowest BCUT2D eigenvalue weighted by molar-refractivity contribution is -0.147. The number of carbonyl (C=O) groups excluding carboxylic acids is 1. The second-order valence-electron chi connectivity index (χ2n) is 6.31. The van der Waals surface area contributed by atoms with Crippen LogP contribution in [0.15, 0.2) is 0 Å². The molecule has 0 aromatic heterocycles. The van der Waals surface area contributed by atoms with Crippen molar-refractivity contribution in [2.75, 3.05) is 39.9 Å². The molecule has 2 fully saturated rings. The van der Waals surface area contributed by atoms with Gasteiger partial charge in [0, 0.05) is 45.1 Å². The van der Waals surface area contributed by atoms with E-state index in [1.807, 2.05) is 14.0 Å². The molecular weight excluding hydrogens is 244 g/mol. The topological polar surface area (TPSA) is 61.8 Å². The molecule has 0 spiro atoms. The van der Waals surface area contributed by atoms with Gasteiger partial charge in [0.25, 0.3) is 0 Å². The van der Waals surface area contributed by atoms with Crippen LogP contribution in [0.2, 0.25) is 0 Å². The van der Waals surface area contributed by atoms with E-state index in [1.54, 1.807) is 4.90 Å². The first-order valence-corrected chi connectivity index (χ1v) is 7.22. The highest BCUT2D eigenvalue weighted by Gasteiger charge is 2.39. The number of rotatable bonds is 3. The zero-order chi connectivity index (χ0) is 13.9. The summed E-state index contributed by atoms with van der Waals surface area (Å²) in [6.07, 6.45) is 2.97. The molecule has 5 heteroatoms. The predicted molar refractivity (Wildman–Crippen MR) is 72.9 cm³/mol. The van der Waals surface area contributed by atoms with Crippen molar-refractivity contribution in [1.82, 2.24) is 10.2 Å². The van der Waals surface area contributed by atoms with Gasteiger partial charge in [-0.2, -0.15) is 0 Å². The zero-order valence-corrected chi connectivity index (χ0v) is 12.1. The van der Waals surface area contributed by atoms with Crippen LogP contribution in [-0.4, -0.2) is 61.4 Å². The van der Waals surface area contributed by atoms with Gasteiger partial charge in [-0.25, -0.2) is 0 Å². The third-order valence-electron chi connectivity index (χ3n) is 4.53. The number of ether oxygens (including phenoxy) is 1. The Hall–Kier alpha value is -0.650. The number of aliphatic hydroxyl groups is 1. The summed E-state index contributed by atoms with van der Waals surface area (Å²) >= 11 is 0. The molecule has 0 aromatic rings. The van der Waals surface area contributed by atoms with Crippen molar-refractivity contribution in [3.8, 4) is 0 Å². The summed E-state index contributed by atoms with van der Waals surface area (Å²) < 4.78 is 5.27. The second-order valence-corrected chi connectivity index (χ2v) is 6.31. The first-order chi connectivity index (χ1) is 8.95. The van der Waals surface area contributed by atoms with E-state index in [-0.39, 0.29) is 11.3 Å². The fraction of sp³-hybridized carbons (Fsp3) is 0.929. The maximum absolute atomic E-state index is 12.6. The summed E-state index contributed by atoms with van der Waals surface area (Å²) in [4.78, 5) is 14.3. The molecule has 5 nitrogen and oxygen atoms in total. The summed E-state index contributed by atoms with van der Waals surface area (Å²) in [5.41, 5.74) is -1.05. The molecule has 2 N–H and O–H groups in total. The average molecular weight is 270 g/mol. The summed E-state index contributed by atoms with van der Waals surface area (Å²) in [6.45, 7) is 5.42. The van der Waals surface area contributed by atoms with E-state index in [0.717, 1.165) is 25.9 Å². The normalized spacial score (nSPS) is 25.8. The monoisotopic (exact) mass is 270 g/mol. The van der Waals surface area contributed by atoms with Crippen LogP contribution in [0.1, 0.15) is 32.6 Å². The van der Waals surface area contributed by atoms with Gasteiger partial charge in [-0.3, -0.25) is 4.79 Å². The highest BCUT2D eigenvalue weighted by Crippen LogP contribution is 2.31. The van der Waals surface area contributed by atoms with Crippen LogP contribution in [-0.2, 0) is 9.53 Å². The first-order valence-electron chi connectivity index (χ1n) is 7.22. The number of nitrogens with zero attached hydrogens (tertiary/aromatic N) is 1. The fourth-order valence-electron chi connectivity index (χ4n) is 3.08. The lowest BCUT2D eigenvalue weighted by Gasteiger charge is -2.40. The molecule has 1 amide bonds. The van der Waals surface area contributed by atoms with Gasteiger partial charge < -0.3 is 20.1 Å². The van der Waals surface area contributed by atoms with Crippen molar-refractivity contribution >= 4 is 5.91 Å². The van der Waals surface area contributed by atoms with E-state index in [1.165, 1.54) is 0 Å². The Balaban J connectivity index is 1.94. The van der Waals surface area contributed by atoms with Crippen molar-refractivity contribution < 1.29 is 14.6 Å². The number of amides is 1. The van der Waals surface area contributed by atoms with E-state index in [2.05, 4.69) is 5.32 Å². The van der Waals surface area contributed by atoms with Crippen LogP contribution in [0, 0.1) is 5.41 Å². The molecule has 0 atom stereocenters. The van der Waals surface area contributed by atoms with E-state index in [0.29, 0.717) is 32.6 Å². The van der Waals surface area contributed by atoms with Crippen molar-refractivity contribution in [1.29, 1.82) is 0 Å². The van der Waals surface area contributed by atoms with Crippen molar-refractivity contribution in [2.24, 2.45) is 5.41 Å². The molecule has 0 aliphatic carbocycles. The smallest absolute Gasteiger partial charge is 0.228 e. The van der Waals surface area contributed by atoms with Gasteiger partial charge in [0.1, 0.15) is 0 Å². The molecule has 19 heavy (non-hydrogen) atoms. The van der Waals surface area contributed by atoms with Crippen molar-refractivity contribution in [3.63, 3.8) is 0 Å². The Morgan fingerprint density at radius 2 is 1.84 bits per heavy atom. The van der Waals surface area contributed by atoms with Gasteiger partial charge in [0.2, 0.25) is 5.91 Å². The Labute approximate surface area is 115 Å². The van der Waals surface area contributed by atoms with Crippen LogP contribution < -0.4 is 5.32 Å². The molecule has 0 aromatic carbocycles. The van der Waals surface area contributed by atoms with E-state index >= 15 is 0 Å². The minimum Gasteiger partial charge on any atom is -0.388 e. The molecule has 2 saturated heterocycles. The lowest BCUT2D eigenvalue weighted by atomic mass is 9.79. The number of likely N-dealkylation sites (N-methyl/N-ethyl adjacent to an activating group) is 1. The molecule has 0 bridgehead atoms. The van der Waals surface area contributed by atoms with Crippen LogP contribution in [0.5, 0.6) is 0 Å². The summed E-state index contributed by atoms with van der Waals surface area (Å²) in [6, 6.07) is 0. The van der Waals surface area contributed by atoms with E-state index in [4.69, 9.17) is 4.74 Å². The van der Waals surface area contributed by atoms with Gasteiger partial charge in [0.15, 0.2) is 0 Å². The quantitative estimate of drug-likeness (QED) is 0.778. The number of piperidine rings is 1. The van der Waals surface area contributed by atoms with Gasteiger partial charge in [0.05, 0.1) is 5.60 Å². The first kappa shape index (κ1) is 14.8. The van der Waals surface area contributed by atoms with Crippen molar-refractivity contribution in [2.45, 2.75) is 38.2 Å². The molecular formula is C14H26N2O3. The highest BCUT2D eigenvalue weighted by molar-refractivity contribution is 5.82. The number of nitrogens with one attached hydrogen (secondary N) is 1. The SMILES string of the molecule is CN(CC1(O)CCOCC1)C(=O)C1(C)CCNCC1. The molecule has 0 unspecified atom stereocenters. The van der Waals surface area contributed by atoms with Gasteiger partial charge in [-0.1, -0.05) is 6.92 Å². The van der Waals surface area contributed by atoms with Crippen molar-refractivity contribution in [3.05, 3.63) is 0 Å². The second kappa shape index (κ2) is 5.77. The van der Waals surface area contributed by atoms with Gasteiger partial charge in [-0.05, 0) is 25.9 Å². The average Bonchev–Trinajstić information content (AvgIpc) is 2.39. The molecule has 110 valence electrons. The maximum atomic E-state index is 12.6. The van der Waals surface area contributed by atoms with Gasteiger partial charge >= 0.3 is 0 Å². The molecule has 0 radical (unpaired) electrons. The molecule has 2 aliphatic heterocycles. The maximum Gasteiger partial charge on any atom is 0.228 e. The molecule has 0 saturated carbocycles. The molecule has 2 rings (SSSR count). The Morgan fingerprint density at radius 1 is 1.26 bits per heavy atom. The van der Waals surface area contributed by atoms with Crippen LogP contribution >= 0.6 is 0 Å². The minimum atomic E-state index is -0.772. The number of hydrogen-bond acceptors (Lipinski definition) is 4. The number of hydrogen-bond donors (Lipinski definition) is 2. The summed E-state index contributed by atoms with van der Waals surface area (Å²) in [5, 5.41) is 13.8. The number of carbonyl (C=O) groups is 1. The largest absolute Gasteiger partial charge is 0.388 e. The van der Waals surface area contributed by atoms with Crippen LogP contribution in [0.25, 0.3) is 0 Å². The molecule has 2 aliphatic rings. The van der Waals surface area contributed by atoms with E-state index in [9.17, 15) is 9.90 Å². The third-order valence-corrected chi connectivity index (χ3v) is 4.53. The zero-order valence-electron chi connectivity index (χ0n) is 12.1. The van der Waals surface area contributed by atoms with Crippen LogP contribution in [0.4, 0.5) is 0 Å². The fourth-order valence-corrected chi connectivity index (χ4v) is 3.08. The predicted octanol–water partition coefficient (Wildman–Crippen LogP) is 0.376. The van der Waals surface area contributed by atoms with E-state index < -0.39 is 5.60 Å². The Bertz CT molecular complexity index is 321. The standard InChI is InChI=1S/C14H26N2O3/c1-13(3-7-15-8-4-13)12(17)16(2)11-14(18)5-9-19-10-6-14/h15,18H,3-11H2,1-2H3. The Morgan fingerprint density at radius 3 is 2.42 bits per heavy atom.